The number of aliphatic hydroxyl groups is 1. The smallest absolute Gasteiger partial charge is 0.0443 e. The summed E-state index contributed by atoms with van der Waals surface area (Å²) in [6, 6.07) is 0.747. The molecule has 2 heteroatoms. The van der Waals surface area contributed by atoms with E-state index in [1.807, 2.05) is 0 Å². The van der Waals surface area contributed by atoms with Gasteiger partial charge in [-0.15, -0.1) is 0 Å². The van der Waals surface area contributed by atoms with Gasteiger partial charge in [-0.25, -0.2) is 0 Å². The van der Waals surface area contributed by atoms with E-state index in [-0.39, 0.29) is 0 Å². The molecule has 0 saturated carbocycles. The van der Waals surface area contributed by atoms with Gasteiger partial charge in [0.15, 0.2) is 0 Å². The van der Waals surface area contributed by atoms with Crippen molar-refractivity contribution in [1.29, 1.82) is 0 Å². The third-order valence-electron chi connectivity index (χ3n) is 3.31. The highest BCUT2D eigenvalue weighted by Gasteiger charge is 2.15. The fraction of sp³-hybridized carbons (Fsp3) is 1.00. The topological polar surface area (TPSA) is 23.5 Å². The molecule has 0 saturated heterocycles. The second-order valence-electron chi connectivity index (χ2n) is 4.64. The Morgan fingerprint density at radius 3 is 1.88 bits per heavy atom. The molecule has 0 amide bonds. The average Bonchev–Trinajstić information content (AvgIpc) is 2.32. The molecule has 1 N–H and O–H groups in total. The zero-order valence-corrected chi connectivity index (χ0v) is 11.5. The molecule has 2 nitrogen and oxygen atoms in total. The Kier molecular flexibility index (Phi) is 11.3. The van der Waals surface area contributed by atoms with Crippen molar-refractivity contribution in [3.8, 4) is 0 Å². The third-order valence-corrected chi connectivity index (χ3v) is 3.31. The average molecular weight is 229 g/mol. The minimum atomic E-state index is 0.324. The van der Waals surface area contributed by atoms with E-state index in [2.05, 4.69) is 25.7 Å². The predicted octanol–water partition coefficient (Wildman–Crippen LogP) is 3.44. The van der Waals surface area contributed by atoms with Crippen molar-refractivity contribution in [3.05, 3.63) is 0 Å². The number of rotatable bonds is 11. The van der Waals surface area contributed by atoms with Crippen LogP contribution in [-0.4, -0.2) is 35.7 Å². The van der Waals surface area contributed by atoms with Gasteiger partial charge in [0.25, 0.3) is 0 Å². The summed E-state index contributed by atoms with van der Waals surface area (Å²) in [6.07, 6.45) is 8.84. The van der Waals surface area contributed by atoms with Crippen LogP contribution in [0.4, 0.5) is 0 Å². The van der Waals surface area contributed by atoms with Crippen LogP contribution >= 0.6 is 0 Å². The van der Waals surface area contributed by atoms with Crippen molar-refractivity contribution in [2.75, 3.05) is 19.7 Å². The molecular formula is C14H31NO. The summed E-state index contributed by atoms with van der Waals surface area (Å²) < 4.78 is 0. The van der Waals surface area contributed by atoms with Gasteiger partial charge in [0.2, 0.25) is 0 Å². The van der Waals surface area contributed by atoms with Gasteiger partial charge in [0.1, 0.15) is 0 Å². The fourth-order valence-electron chi connectivity index (χ4n) is 2.26. The van der Waals surface area contributed by atoms with E-state index >= 15 is 0 Å². The molecule has 0 aliphatic heterocycles. The van der Waals surface area contributed by atoms with E-state index in [0.717, 1.165) is 25.6 Å². The lowest BCUT2D eigenvalue weighted by Crippen LogP contribution is -2.36. The Balaban J connectivity index is 4.06. The molecule has 0 rings (SSSR count). The monoisotopic (exact) mass is 229 g/mol. The molecule has 0 aliphatic carbocycles. The summed E-state index contributed by atoms with van der Waals surface area (Å²) in [7, 11) is 0. The first-order valence-electron chi connectivity index (χ1n) is 7.14. The molecule has 0 radical (unpaired) electrons. The van der Waals surface area contributed by atoms with Crippen molar-refractivity contribution < 1.29 is 5.11 Å². The molecule has 16 heavy (non-hydrogen) atoms. The molecule has 0 aromatic carbocycles. The van der Waals surface area contributed by atoms with Crippen LogP contribution in [0.25, 0.3) is 0 Å². The Morgan fingerprint density at radius 2 is 1.50 bits per heavy atom. The van der Waals surface area contributed by atoms with E-state index in [4.69, 9.17) is 5.11 Å². The summed E-state index contributed by atoms with van der Waals surface area (Å²) in [5, 5.41) is 8.92. The molecule has 0 atom stereocenters. The molecule has 0 aliphatic rings. The number of hydrogen-bond acceptors (Lipinski definition) is 2. The lowest BCUT2D eigenvalue weighted by atomic mass is 10.0. The van der Waals surface area contributed by atoms with Crippen molar-refractivity contribution >= 4 is 0 Å². The second kappa shape index (κ2) is 11.4. The summed E-state index contributed by atoms with van der Waals surface area (Å²) in [6.45, 7) is 9.28. The first kappa shape index (κ1) is 15.9. The Labute approximate surface area is 102 Å². The molecule has 0 bridgehead atoms. The lowest BCUT2D eigenvalue weighted by molar-refractivity contribution is 0.162. The SMILES string of the molecule is CCCCC(CCCC)N(CC)CCCO. The Bertz CT molecular complexity index is 131. The maximum Gasteiger partial charge on any atom is 0.0443 e. The number of unbranched alkanes of at least 4 members (excludes halogenated alkanes) is 2. The van der Waals surface area contributed by atoms with Crippen molar-refractivity contribution in [1.82, 2.24) is 4.90 Å². The van der Waals surface area contributed by atoms with Gasteiger partial charge in [0, 0.05) is 19.2 Å². The predicted molar refractivity (Wildman–Crippen MR) is 71.8 cm³/mol. The first-order valence-corrected chi connectivity index (χ1v) is 7.14. The minimum absolute atomic E-state index is 0.324. The second-order valence-corrected chi connectivity index (χ2v) is 4.64. The Morgan fingerprint density at radius 1 is 0.938 bits per heavy atom. The zero-order chi connectivity index (χ0) is 12.2. The van der Waals surface area contributed by atoms with Crippen LogP contribution in [0, 0.1) is 0 Å². The molecule has 0 aromatic heterocycles. The van der Waals surface area contributed by atoms with Gasteiger partial charge in [-0.05, 0) is 25.8 Å². The standard InChI is InChI=1S/C14H31NO/c1-4-7-10-14(11-8-5-2)15(6-3)12-9-13-16/h14,16H,4-13H2,1-3H3. The van der Waals surface area contributed by atoms with Gasteiger partial charge in [0.05, 0.1) is 0 Å². The quantitative estimate of drug-likeness (QED) is 0.586. The van der Waals surface area contributed by atoms with Gasteiger partial charge in [-0.3, -0.25) is 0 Å². The van der Waals surface area contributed by atoms with Crippen LogP contribution in [0.3, 0.4) is 0 Å². The fourth-order valence-corrected chi connectivity index (χ4v) is 2.26. The minimum Gasteiger partial charge on any atom is -0.396 e. The molecule has 0 unspecified atom stereocenters. The highest BCUT2D eigenvalue weighted by atomic mass is 16.3. The van der Waals surface area contributed by atoms with E-state index in [1.54, 1.807) is 0 Å². The van der Waals surface area contributed by atoms with Gasteiger partial charge < -0.3 is 10.0 Å². The largest absolute Gasteiger partial charge is 0.396 e. The van der Waals surface area contributed by atoms with Crippen molar-refractivity contribution in [3.63, 3.8) is 0 Å². The van der Waals surface area contributed by atoms with Gasteiger partial charge in [-0.1, -0.05) is 46.5 Å². The van der Waals surface area contributed by atoms with Gasteiger partial charge in [-0.2, -0.15) is 0 Å². The number of aliphatic hydroxyl groups excluding tert-OH is 1. The summed E-state index contributed by atoms with van der Waals surface area (Å²) in [4.78, 5) is 2.56. The molecule has 0 heterocycles. The normalized spacial score (nSPS) is 11.6. The number of hydrogen-bond donors (Lipinski definition) is 1. The lowest BCUT2D eigenvalue weighted by Gasteiger charge is -2.30. The highest BCUT2D eigenvalue weighted by molar-refractivity contribution is 4.71. The maximum absolute atomic E-state index is 8.92. The molecule has 98 valence electrons. The molecular weight excluding hydrogens is 198 g/mol. The van der Waals surface area contributed by atoms with Crippen LogP contribution in [0.1, 0.15) is 65.7 Å². The van der Waals surface area contributed by atoms with Crippen molar-refractivity contribution in [2.24, 2.45) is 0 Å². The van der Waals surface area contributed by atoms with Crippen LogP contribution in [0.5, 0.6) is 0 Å². The van der Waals surface area contributed by atoms with E-state index in [1.165, 1.54) is 38.5 Å². The summed E-state index contributed by atoms with van der Waals surface area (Å²) in [5.41, 5.74) is 0. The molecule has 0 fully saturated rings. The van der Waals surface area contributed by atoms with Crippen LogP contribution < -0.4 is 0 Å². The third kappa shape index (κ3) is 7.24. The summed E-state index contributed by atoms with van der Waals surface area (Å²) >= 11 is 0. The van der Waals surface area contributed by atoms with E-state index in [9.17, 15) is 0 Å². The first-order chi connectivity index (χ1) is 7.79. The molecule has 0 aromatic rings. The highest BCUT2D eigenvalue weighted by Crippen LogP contribution is 2.15. The van der Waals surface area contributed by atoms with Crippen molar-refractivity contribution in [2.45, 2.75) is 71.8 Å². The zero-order valence-electron chi connectivity index (χ0n) is 11.5. The van der Waals surface area contributed by atoms with Crippen LogP contribution in [0.15, 0.2) is 0 Å². The Hall–Kier alpha value is -0.0800. The van der Waals surface area contributed by atoms with E-state index in [0.29, 0.717) is 6.61 Å². The van der Waals surface area contributed by atoms with E-state index < -0.39 is 0 Å². The summed E-state index contributed by atoms with van der Waals surface area (Å²) in [5.74, 6) is 0. The van der Waals surface area contributed by atoms with Crippen LogP contribution in [-0.2, 0) is 0 Å². The van der Waals surface area contributed by atoms with Crippen LogP contribution in [0.2, 0.25) is 0 Å². The van der Waals surface area contributed by atoms with Gasteiger partial charge >= 0.3 is 0 Å². The molecule has 0 spiro atoms. The maximum atomic E-state index is 8.92. The number of nitrogens with zero attached hydrogens (tertiary/aromatic N) is 1.